The molecule has 39 heavy (non-hydrogen) atoms. The number of ether oxygens (including phenoxy) is 2. The van der Waals surface area contributed by atoms with Crippen LogP contribution in [-0.2, 0) is 23.2 Å². The van der Waals surface area contributed by atoms with Crippen LogP contribution >= 0.6 is 0 Å². The highest BCUT2D eigenvalue weighted by Crippen LogP contribution is 2.34. The molecule has 0 atom stereocenters. The molecule has 0 unspecified atom stereocenters. The number of benzene rings is 1. The molecule has 218 valence electrons. The maximum absolute atomic E-state index is 12.4. The van der Waals surface area contributed by atoms with Crippen LogP contribution in [0.3, 0.4) is 0 Å². The van der Waals surface area contributed by atoms with Crippen LogP contribution in [-0.4, -0.2) is 25.7 Å². The van der Waals surface area contributed by atoms with E-state index in [4.69, 9.17) is 9.47 Å². The van der Waals surface area contributed by atoms with Gasteiger partial charge in [0.15, 0.2) is 18.5 Å². The van der Waals surface area contributed by atoms with Gasteiger partial charge in [0.25, 0.3) is 5.91 Å². The zero-order valence-electron chi connectivity index (χ0n) is 25.5. The molecule has 0 aliphatic carbocycles. The van der Waals surface area contributed by atoms with Gasteiger partial charge >= 0.3 is 0 Å². The molecule has 0 aliphatic heterocycles. The molecule has 0 spiro atoms. The van der Waals surface area contributed by atoms with Gasteiger partial charge in [-0.2, -0.15) is 0 Å². The molecule has 1 aromatic carbocycles. The van der Waals surface area contributed by atoms with Crippen LogP contribution in [0, 0.1) is 0 Å². The quantitative estimate of drug-likeness (QED) is 0.138. The molecule has 2 aromatic rings. The number of rotatable bonds is 20. The van der Waals surface area contributed by atoms with Crippen molar-refractivity contribution in [3.05, 3.63) is 53.9 Å². The van der Waals surface area contributed by atoms with Crippen molar-refractivity contribution in [2.45, 2.75) is 124 Å². The molecule has 1 amide bonds. The number of hydrogen-bond acceptors (Lipinski definition) is 3. The Hall–Kier alpha value is -2.56. The Morgan fingerprint density at radius 2 is 1.54 bits per heavy atom. The van der Waals surface area contributed by atoms with Crippen LogP contribution in [0.4, 0.5) is 0 Å². The first kappa shape index (κ1) is 32.7. The Labute approximate surface area is 238 Å². The van der Waals surface area contributed by atoms with Crippen molar-refractivity contribution in [2.75, 3.05) is 19.8 Å². The molecule has 5 heteroatoms. The van der Waals surface area contributed by atoms with Crippen LogP contribution in [0.5, 0.6) is 11.5 Å². The molecule has 5 nitrogen and oxygen atoms in total. The van der Waals surface area contributed by atoms with E-state index in [1.54, 1.807) is 0 Å². The Morgan fingerprint density at radius 3 is 2.21 bits per heavy atom. The van der Waals surface area contributed by atoms with E-state index in [1.807, 2.05) is 30.3 Å². The average molecular weight is 540 g/mol. The van der Waals surface area contributed by atoms with E-state index in [2.05, 4.69) is 56.8 Å². The average Bonchev–Trinajstić information content (AvgIpc) is 2.91. The summed E-state index contributed by atoms with van der Waals surface area (Å²) < 4.78 is 14.3. The Bertz CT molecular complexity index is 952. The van der Waals surface area contributed by atoms with Crippen molar-refractivity contribution in [1.82, 2.24) is 5.32 Å². The fourth-order valence-electron chi connectivity index (χ4n) is 4.81. The number of nitrogens with one attached hydrogen (secondary N) is 1. The number of nitrogens with zero attached hydrogens (tertiary/aromatic N) is 1. The fourth-order valence-corrected chi connectivity index (χ4v) is 4.81. The van der Waals surface area contributed by atoms with E-state index in [0.717, 1.165) is 43.7 Å². The molecule has 0 saturated carbocycles. The van der Waals surface area contributed by atoms with Crippen LogP contribution in [0.25, 0.3) is 0 Å². The summed E-state index contributed by atoms with van der Waals surface area (Å²) in [6.07, 6.45) is 17.1. The summed E-state index contributed by atoms with van der Waals surface area (Å²) in [6.45, 7) is 13.3. The highest BCUT2D eigenvalue weighted by Gasteiger charge is 2.20. The summed E-state index contributed by atoms with van der Waals surface area (Å²) in [6, 6.07) is 12.1. The molecule has 0 aliphatic rings. The number of pyridine rings is 1. The topological polar surface area (TPSA) is 51.4 Å². The zero-order chi connectivity index (χ0) is 28.3. The van der Waals surface area contributed by atoms with Gasteiger partial charge in [0.2, 0.25) is 0 Å². The molecule has 2 rings (SSSR count). The summed E-state index contributed by atoms with van der Waals surface area (Å²) >= 11 is 0. The monoisotopic (exact) mass is 539 g/mol. The van der Waals surface area contributed by atoms with Crippen LogP contribution in [0.1, 0.15) is 117 Å². The highest BCUT2D eigenvalue weighted by molar-refractivity contribution is 5.77. The number of aromatic nitrogens is 1. The molecule has 1 heterocycles. The smallest absolute Gasteiger partial charge is 0.257 e. The predicted molar refractivity (Wildman–Crippen MR) is 162 cm³/mol. The van der Waals surface area contributed by atoms with Crippen LogP contribution in [0.15, 0.2) is 42.6 Å². The van der Waals surface area contributed by atoms with E-state index in [9.17, 15) is 4.79 Å². The van der Waals surface area contributed by atoms with Gasteiger partial charge in [-0.25, -0.2) is 4.57 Å². The number of aryl methyl sites for hydroxylation is 1. The lowest BCUT2D eigenvalue weighted by molar-refractivity contribution is -0.704. The zero-order valence-corrected chi connectivity index (χ0v) is 25.5. The summed E-state index contributed by atoms with van der Waals surface area (Å²) in [7, 11) is 0. The largest absolute Gasteiger partial charge is 0.493 e. The van der Waals surface area contributed by atoms with E-state index in [0.29, 0.717) is 12.3 Å². The predicted octanol–water partition coefficient (Wildman–Crippen LogP) is 7.72. The maximum atomic E-state index is 12.4. The normalized spacial score (nSPS) is 11.4. The SMILES string of the molecule is CCCCCCCCCCCCOc1ccc(OCC(=O)NCCc2cccc[n+]2CCC)cc1C(C)(C)C. The minimum absolute atomic E-state index is 0.00609. The highest BCUT2D eigenvalue weighted by atomic mass is 16.5. The molecular formula is C34H55N2O3+. The van der Waals surface area contributed by atoms with Gasteiger partial charge in [0.1, 0.15) is 18.0 Å². The summed E-state index contributed by atoms with van der Waals surface area (Å²) in [5, 5.41) is 2.99. The first-order chi connectivity index (χ1) is 18.8. The van der Waals surface area contributed by atoms with Gasteiger partial charge in [0.05, 0.1) is 6.61 Å². The van der Waals surface area contributed by atoms with Gasteiger partial charge in [-0.3, -0.25) is 4.79 Å². The number of carbonyl (C=O) groups is 1. The van der Waals surface area contributed by atoms with Crippen molar-refractivity contribution in [1.29, 1.82) is 0 Å². The van der Waals surface area contributed by atoms with E-state index in [1.165, 1.54) is 63.5 Å². The van der Waals surface area contributed by atoms with Gasteiger partial charge in [0, 0.05) is 37.1 Å². The summed E-state index contributed by atoms with van der Waals surface area (Å²) in [5.74, 6) is 1.51. The minimum atomic E-state index is -0.105. The standard InChI is InChI=1S/C34H54N2O3/c1-6-8-9-10-11-12-13-14-15-18-26-38-32-21-20-30(27-31(32)34(3,4)5)39-28-33(37)35-23-22-29-19-16-17-25-36(29)24-7-2/h16-17,19-21,25,27H,6-15,18,22-24,26,28H2,1-5H3/p+1. The van der Waals surface area contributed by atoms with Crippen molar-refractivity contribution < 1.29 is 18.8 Å². The van der Waals surface area contributed by atoms with E-state index in [-0.39, 0.29) is 17.9 Å². The minimum Gasteiger partial charge on any atom is -0.493 e. The lowest BCUT2D eigenvalue weighted by atomic mass is 9.86. The molecule has 1 aromatic heterocycles. The van der Waals surface area contributed by atoms with E-state index >= 15 is 0 Å². The Morgan fingerprint density at radius 1 is 0.846 bits per heavy atom. The third-order valence-corrected chi connectivity index (χ3v) is 7.09. The van der Waals surface area contributed by atoms with Crippen molar-refractivity contribution in [3.63, 3.8) is 0 Å². The maximum Gasteiger partial charge on any atom is 0.257 e. The van der Waals surface area contributed by atoms with Crippen molar-refractivity contribution in [3.8, 4) is 11.5 Å². The van der Waals surface area contributed by atoms with Gasteiger partial charge in [-0.05, 0) is 30.0 Å². The lowest BCUT2D eigenvalue weighted by Gasteiger charge is -2.24. The fraction of sp³-hybridized carbons (Fsp3) is 0.647. The van der Waals surface area contributed by atoms with Crippen molar-refractivity contribution >= 4 is 5.91 Å². The van der Waals surface area contributed by atoms with Gasteiger partial charge in [-0.15, -0.1) is 0 Å². The first-order valence-corrected chi connectivity index (χ1v) is 15.5. The van der Waals surface area contributed by atoms with E-state index < -0.39 is 0 Å². The summed E-state index contributed by atoms with van der Waals surface area (Å²) in [4.78, 5) is 12.4. The second-order valence-electron chi connectivity index (χ2n) is 11.7. The number of unbranched alkanes of at least 4 members (excludes halogenated alkanes) is 9. The Kier molecular flexibility index (Phi) is 15.6. The summed E-state index contributed by atoms with van der Waals surface area (Å²) in [5.41, 5.74) is 2.25. The van der Waals surface area contributed by atoms with Crippen molar-refractivity contribution in [2.24, 2.45) is 0 Å². The molecule has 0 bridgehead atoms. The van der Waals surface area contributed by atoms with Gasteiger partial charge < -0.3 is 14.8 Å². The van der Waals surface area contributed by atoms with Gasteiger partial charge in [-0.1, -0.05) is 98.5 Å². The second-order valence-corrected chi connectivity index (χ2v) is 11.7. The Balaban J connectivity index is 1.73. The second kappa shape index (κ2) is 18.7. The molecule has 0 saturated heterocycles. The molecule has 0 radical (unpaired) electrons. The van der Waals surface area contributed by atoms with Crippen LogP contribution in [0.2, 0.25) is 0 Å². The van der Waals surface area contributed by atoms with Crippen LogP contribution < -0.4 is 19.4 Å². The third-order valence-electron chi connectivity index (χ3n) is 7.09. The number of amides is 1. The number of carbonyl (C=O) groups excluding carboxylic acids is 1. The molecule has 1 N–H and O–H groups in total. The molecule has 0 fully saturated rings. The lowest BCUT2D eigenvalue weighted by Crippen LogP contribution is -2.40. The molecular weight excluding hydrogens is 484 g/mol. The first-order valence-electron chi connectivity index (χ1n) is 15.5. The third kappa shape index (κ3) is 13.4. The number of hydrogen-bond donors (Lipinski definition) is 1.